The van der Waals surface area contributed by atoms with E-state index in [4.69, 9.17) is 0 Å². The van der Waals surface area contributed by atoms with Gasteiger partial charge in [-0.15, -0.1) is 0 Å². The van der Waals surface area contributed by atoms with E-state index in [1.54, 1.807) is 0 Å². The van der Waals surface area contributed by atoms with E-state index < -0.39 is 0 Å². The monoisotopic (exact) mass is 266 g/mol. The molecular formula is C17H18N2O. The van der Waals surface area contributed by atoms with Crippen LogP contribution < -0.4 is 9.80 Å². The van der Waals surface area contributed by atoms with E-state index in [2.05, 4.69) is 18.2 Å². The lowest BCUT2D eigenvalue weighted by Crippen LogP contribution is -2.45. The van der Waals surface area contributed by atoms with Gasteiger partial charge in [-0.2, -0.15) is 0 Å². The zero-order chi connectivity index (χ0) is 13.9. The Hall–Kier alpha value is -2.29. The Morgan fingerprint density at radius 1 is 0.950 bits per heavy atom. The Kier molecular flexibility index (Phi) is 3.42. The third kappa shape index (κ3) is 2.39. The molecule has 0 aliphatic carbocycles. The first-order valence-electron chi connectivity index (χ1n) is 6.90. The second-order valence-electron chi connectivity index (χ2n) is 5.13. The Morgan fingerprint density at radius 2 is 1.60 bits per heavy atom. The van der Waals surface area contributed by atoms with Crippen molar-refractivity contribution in [2.75, 3.05) is 29.9 Å². The lowest BCUT2D eigenvalue weighted by Gasteiger charge is -2.35. The number of benzene rings is 2. The van der Waals surface area contributed by atoms with Crippen LogP contribution in [0.1, 0.15) is 5.56 Å². The topological polar surface area (TPSA) is 23.6 Å². The Labute approximate surface area is 119 Å². The summed E-state index contributed by atoms with van der Waals surface area (Å²) in [6.45, 7) is 1.18. The van der Waals surface area contributed by atoms with Crippen LogP contribution in [-0.2, 0) is 11.2 Å². The highest BCUT2D eigenvalue weighted by molar-refractivity contribution is 6.03. The van der Waals surface area contributed by atoms with Gasteiger partial charge in [0.25, 0.3) is 0 Å². The summed E-state index contributed by atoms with van der Waals surface area (Å²) in [6.07, 6.45) is 0.880. The maximum atomic E-state index is 12.3. The summed E-state index contributed by atoms with van der Waals surface area (Å²) in [4.78, 5) is 16.2. The number of amides is 1. The minimum Gasteiger partial charge on any atom is -0.364 e. The molecule has 0 fully saturated rings. The molecule has 102 valence electrons. The number of fused-ring (bicyclic) bond motifs is 1. The number of nitrogens with zero attached hydrogens (tertiary/aromatic N) is 2. The maximum Gasteiger partial charge on any atom is 0.246 e. The minimum absolute atomic E-state index is 0.169. The standard InChI is InChI=1S/C17H18N2O/c1-18-13-17(20)19(16-10-6-5-9-15(16)18)12-11-14-7-3-2-4-8-14/h2-10H,11-13H2,1H3. The highest BCUT2D eigenvalue weighted by atomic mass is 16.2. The van der Waals surface area contributed by atoms with E-state index in [0.29, 0.717) is 6.54 Å². The molecule has 0 unspecified atom stereocenters. The van der Waals surface area contributed by atoms with E-state index in [-0.39, 0.29) is 5.91 Å². The quantitative estimate of drug-likeness (QED) is 0.853. The van der Waals surface area contributed by atoms with Gasteiger partial charge >= 0.3 is 0 Å². The molecule has 0 saturated carbocycles. The molecule has 2 aromatic rings. The predicted octanol–water partition coefficient (Wildman–Crippen LogP) is 2.71. The van der Waals surface area contributed by atoms with Gasteiger partial charge in [-0.1, -0.05) is 42.5 Å². The van der Waals surface area contributed by atoms with E-state index in [1.165, 1.54) is 5.56 Å². The molecule has 0 N–H and O–H groups in total. The molecule has 3 rings (SSSR count). The largest absolute Gasteiger partial charge is 0.364 e. The van der Waals surface area contributed by atoms with Crippen LogP contribution in [0, 0.1) is 0 Å². The van der Waals surface area contributed by atoms with Crippen LogP contribution in [0.3, 0.4) is 0 Å². The fourth-order valence-corrected chi connectivity index (χ4v) is 2.65. The SMILES string of the molecule is CN1CC(=O)N(CCc2ccccc2)c2ccccc21. The molecule has 1 aliphatic heterocycles. The predicted molar refractivity (Wildman–Crippen MR) is 82.2 cm³/mol. The van der Waals surface area contributed by atoms with Crippen LogP contribution in [0.5, 0.6) is 0 Å². The zero-order valence-electron chi connectivity index (χ0n) is 11.6. The van der Waals surface area contributed by atoms with Crippen molar-refractivity contribution in [3.8, 4) is 0 Å². The van der Waals surface area contributed by atoms with Crippen LogP contribution in [0.15, 0.2) is 54.6 Å². The van der Waals surface area contributed by atoms with Crippen molar-refractivity contribution in [2.45, 2.75) is 6.42 Å². The van der Waals surface area contributed by atoms with E-state index in [0.717, 1.165) is 24.3 Å². The summed E-state index contributed by atoms with van der Waals surface area (Å²) in [5.74, 6) is 0.169. The van der Waals surface area contributed by atoms with Gasteiger partial charge in [0.1, 0.15) is 0 Å². The number of carbonyl (C=O) groups excluding carboxylic acids is 1. The van der Waals surface area contributed by atoms with Crippen molar-refractivity contribution < 1.29 is 4.79 Å². The second kappa shape index (κ2) is 5.37. The molecule has 1 amide bonds. The van der Waals surface area contributed by atoms with Gasteiger partial charge in [0.2, 0.25) is 5.91 Å². The molecule has 1 aliphatic rings. The summed E-state index contributed by atoms with van der Waals surface area (Å²) in [5.41, 5.74) is 3.40. The highest BCUT2D eigenvalue weighted by Crippen LogP contribution is 2.32. The smallest absolute Gasteiger partial charge is 0.246 e. The molecule has 0 aromatic heterocycles. The van der Waals surface area contributed by atoms with Crippen LogP contribution >= 0.6 is 0 Å². The first-order valence-corrected chi connectivity index (χ1v) is 6.90. The first kappa shape index (κ1) is 12.7. The molecule has 0 spiro atoms. The van der Waals surface area contributed by atoms with Gasteiger partial charge in [0.05, 0.1) is 17.9 Å². The molecule has 0 bridgehead atoms. The average Bonchev–Trinajstić information content (AvgIpc) is 2.48. The fraction of sp³-hybridized carbons (Fsp3) is 0.235. The van der Waals surface area contributed by atoms with Crippen molar-refractivity contribution in [1.29, 1.82) is 0 Å². The number of carbonyl (C=O) groups is 1. The molecule has 1 heterocycles. The van der Waals surface area contributed by atoms with E-state index in [9.17, 15) is 4.79 Å². The van der Waals surface area contributed by atoms with Gasteiger partial charge in [-0.25, -0.2) is 0 Å². The van der Waals surface area contributed by atoms with E-state index >= 15 is 0 Å². The molecule has 20 heavy (non-hydrogen) atoms. The number of rotatable bonds is 3. The molecule has 3 heteroatoms. The molecule has 3 nitrogen and oxygen atoms in total. The van der Waals surface area contributed by atoms with Crippen molar-refractivity contribution in [1.82, 2.24) is 0 Å². The summed E-state index contributed by atoms with van der Waals surface area (Å²) in [7, 11) is 1.96. The number of hydrogen-bond acceptors (Lipinski definition) is 2. The summed E-state index contributed by atoms with van der Waals surface area (Å²) >= 11 is 0. The number of likely N-dealkylation sites (N-methyl/N-ethyl adjacent to an activating group) is 1. The Bertz CT molecular complexity index is 609. The van der Waals surface area contributed by atoms with Crippen molar-refractivity contribution in [2.24, 2.45) is 0 Å². The van der Waals surface area contributed by atoms with E-state index in [1.807, 2.05) is 53.2 Å². The number of hydrogen-bond donors (Lipinski definition) is 0. The fourth-order valence-electron chi connectivity index (χ4n) is 2.65. The Morgan fingerprint density at radius 3 is 2.35 bits per heavy atom. The number of para-hydroxylation sites is 2. The minimum atomic E-state index is 0.169. The molecule has 0 saturated heterocycles. The van der Waals surface area contributed by atoms with Crippen molar-refractivity contribution in [3.05, 3.63) is 60.2 Å². The third-order valence-corrected chi connectivity index (χ3v) is 3.72. The zero-order valence-corrected chi connectivity index (χ0v) is 11.6. The van der Waals surface area contributed by atoms with Crippen molar-refractivity contribution in [3.63, 3.8) is 0 Å². The second-order valence-corrected chi connectivity index (χ2v) is 5.13. The van der Waals surface area contributed by atoms with Crippen molar-refractivity contribution >= 4 is 17.3 Å². The Balaban J connectivity index is 1.82. The molecule has 0 atom stereocenters. The maximum absolute atomic E-state index is 12.3. The molecule has 2 aromatic carbocycles. The van der Waals surface area contributed by atoms with Gasteiger partial charge in [-0.3, -0.25) is 4.79 Å². The van der Waals surface area contributed by atoms with Gasteiger partial charge in [-0.05, 0) is 24.1 Å². The summed E-state index contributed by atoms with van der Waals surface area (Å²) in [6, 6.07) is 18.4. The average molecular weight is 266 g/mol. The van der Waals surface area contributed by atoms with Gasteiger partial charge < -0.3 is 9.80 Å². The third-order valence-electron chi connectivity index (χ3n) is 3.72. The van der Waals surface area contributed by atoms with Crippen LogP contribution in [-0.4, -0.2) is 26.0 Å². The van der Waals surface area contributed by atoms with Gasteiger partial charge in [0.15, 0.2) is 0 Å². The summed E-state index contributed by atoms with van der Waals surface area (Å²) in [5, 5.41) is 0. The van der Waals surface area contributed by atoms with Gasteiger partial charge in [0, 0.05) is 13.6 Å². The first-order chi connectivity index (χ1) is 9.75. The highest BCUT2D eigenvalue weighted by Gasteiger charge is 2.26. The lowest BCUT2D eigenvalue weighted by molar-refractivity contribution is -0.117. The lowest BCUT2D eigenvalue weighted by atomic mass is 10.1. The van der Waals surface area contributed by atoms with Crippen LogP contribution in [0.2, 0.25) is 0 Å². The normalized spacial score (nSPS) is 14.3. The van der Waals surface area contributed by atoms with Crippen LogP contribution in [0.4, 0.5) is 11.4 Å². The molecule has 0 radical (unpaired) electrons. The summed E-state index contributed by atoms with van der Waals surface area (Å²) < 4.78 is 0. The van der Waals surface area contributed by atoms with Crippen LogP contribution in [0.25, 0.3) is 0 Å². The number of anilines is 2. The molecular weight excluding hydrogens is 248 g/mol.